The summed E-state index contributed by atoms with van der Waals surface area (Å²) in [4.78, 5) is 52.2. The van der Waals surface area contributed by atoms with Crippen LogP contribution in [0.2, 0.25) is 0 Å². The Hall–Kier alpha value is -2.40. The Bertz CT molecular complexity index is 2250. The van der Waals surface area contributed by atoms with Gasteiger partial charge in [-0.05, 0) is 63.6 Å². The fourth-order valence-corrected chi connectivity index (χ4v) is 6.57. The third kappa shape index (κ3) is 17.9. The van der Waals surface area contributed by atoms with Crippen molar-refractivity contribution >= 4 is 98.4 Å². The molecule has 2 N–H and O–H groups in total. The number of halogens is 13. The van der Waals surface area contributed by atoms with Gasteiger partial charge in [0.05, 0.1) is 55.2 Å². The Morgan fingerprint density at radius 3 is 1.29 bits per heavy atom. The molecule has 2 fully saturated rings. The van der Waals surface area contributed by atoms with Gasteiger partial charge in [-0.2, -0.15) is 52.7 Å². The van der Waals surface area contributed by atoms with E-state index in [4.69, 9.17) is 19.5 Å². The van der Waals surface area contributed by atoms with E-state index in [9.17, 15) is 67.1 Å². The van der Waals surface area contributed by atoms with Crippen molar-refractivity contribution in [2.24, 2.45) is 0 Å². The Morgan fingerprint density at radius 2 is 0.986 bits per heavy atom. The van der Waals surface area contributed by atoms with E-state index in [0.717, 1.165) is 4.90 Å². The van der Waals surface area contributed by atoms with E-state index in [2.05, 4.69) is 38.1 Å². The number of ether oxygens (including phenoxy) is 2. The average Bonchev–Trinajstić information content (AvgIpc) is 3.69. The Balaban J connectivity index is 0.000000604. The molecule has 2 aliphatic heterocycles. The second kappa shape index (κ2) is 27.6. The van der Waals surface area contributed by atoms with E-state index in [0.29, 0.717) is 35.4 Å². The normalized spacial score (nSPS) is 17.8. The van der Waals surface area contributed by atoms with Crippen LogP contribution in [0.4, 0.5) is 62.3 Å². The minimum Gasteiger partial charge on any atom is -0.662 e. The van der Waals surface area contributed by atoms with Crippen molar-refractivity contribution in [2.75, 3.05) is 38.8 Å². The van der Waals surface area contributed by atoms with Crippen LogP contribution >= 0.6 is 22.6 Å². The number of nitrogens with one attached hydrogen (secondary N) is 2. The first kappa shape index (κ1) is 64.6. The van der Waals surface area contributed by atoms with Crippen LogP contribution < -0.4 is 67.3 Å². The minimum atomic E-state index is -4.99. The SMILES string of the molecule is CI.CN1C(=O)NC(COCc2cc(C(F)(F)F)cc(C(F)(F)F)c2)(c2ccccc2)C1=O.CN1CC(COCc2cc(C(F)(F)F)cc(C(F)(F)F)c2)(c2ccccc2)NC1=O.O=CO[O-].[K+].[K]. The van der Waals surface area contributed by atoms with Gasteiger partial charge in [-0.3, -0.25) is 14.5 Å². The molecule has 4 aromatic rings. The largest absolute Gasteiger partial charge is 1.00 e. The van der Waals surface area contributed by atoms with Crippen molar-refractivity contribution in [1.82, 2.24) is 20.4 Å². The van der Waals surface area contributed by atoms with Crippen LogP contribution in [0.15, 0.2) is 97.1 Å². The van der Waals surface area contributed by atoms with Crippen LogP contribution in [0, 0.1) is 0 Å². The first-order valence-electron chi connectivity index (χ1n) is 18.7. The van der Waals surface area contributed by atoms with Gasteiger partial charge in [-0.15, -0.1) is 0 Å². The molecule has 1 radical (unpaired) electrons. The molecule has 0 saturated carbocycles. The molecule has 12 nitrogen and oxygen atoms in total. The van der Waals surface area contributed by atoms with Crippen molar-refractivity contribution in [2.45, 2.75) is 49.0 Å². The topological polar surface area (TPSA) is 150 Å². The third-order valence-corrected chi connectivity index (χ3v) is 9.63. The number of carbonyl (C=O) groups is 4. The third-order valence-electron chi connectivity index (χ3n) is 9.63. The quantitative estimate of drug-likeness (QED) is 0.0304. The number of nitrogens with zero attached hydrogens (tertiary/aromatic N) is 2. The second-order valence-corrected chi connectivity index (χ2v) is 14.3. The number of imide groups is 1. The zero-order valence-corrected chi connectivity index (χ0v) is 45.3. The Kier molecular flexibility index (Phi) is 25.8. The second-order valence-electron chi connectivity index (χ2n) is 14.3. The average molecular weight is 1160 g/mol. The monoisotopic (exact) mass is 1160 g/mol. The number of benzene rings is 4. The molecule has 2 aliphatic rings. The molecule has 2 heterocycles. The van der Waals surface area contributed by atoms with Gasteiger partial charge in [-0.25, -0.2) is 9.59 Å². The Labute approximate surface area is 485 Å². The number of carbonyl (C=O) groups excluding carboxylic acids is 4. The first-order valence-corrected chi connectivity index (χ1v) is 20.9. The first-order chi connectivity index (χ1) is 31.2. The summed E-state index contributed by atoms with van der Waals surface area (Å²) in [6, 6.07) is 18.2. The molecule has 2 saturated heterocycles. The molecule has 69 heavy (non-hydrogen) atoms. The van der Waals surface area contributed by atoms with Gasteiger partial charge in [0.1, 0.15) is 5.54 Å². The van der Waals surface area contributed by atoms with E-state index in [1.54, 1.807) is 67.7 Å². The van der Waals surface area contributed by atoms with Gasteiger partial charge in [0.25, 0.3) is 12.4 Å². The van der Waals surface area contributed by atoms with Gasteiger partial charge < -0.3 is 35.2 Å². The van der Waals surface area contributed by atoms with Crippen molar-refractivity contribution in [3.63, 3.8) is 0 Å². The fraction of sp³-hybridized carbons (Fsp3) is 0.333. The molecular weight excluding hydrogens is 1120 g/mol. The standard InChI is InChI=1S/C20H16F6N2O3.C20H18F6N2O2.CH3I.CH2O3.2K/c1-28-16(29)18(27-17(28)30,13-5-3-2-4-6-13)11-31-10-12-7-14(19(21,22)23)9-15(8-12)20(24,25)26;1-28-11-18(27-17(28)29,14-5-3-2-4-6-14)12-30-10-13-7-15(19(21,22)23)9-16(8-13)20(24,25)26;1-2;2-1-4-3;;/h2-9H,10-11H2,1H3,(H,27,30);2-9H,10-12H2,1H3,(H,27,29);1H3;1,3H;;/q;;;;;+1/p-1. The molecule has 0 aliphatic carbocycles. The molecule has 4 aromatic carbocycles. The van der Waals surface area contributed by atoms with Crippen molar-refractivity contribution in [3.8, 4) is 0 Å². The van der Waals surface area contributed by atoms with E-state index in [1.165, 1.54) is 11.9 Å². The van der Waals surface area contributed by atoms with Gasteiger partial charge in [-0.1, -0.05) is 83.3 Å². The summed E-state index contributed by atoms with van der Waals surface area (Å²) >= 11 is 2.15. The van der Waals surface area contributed by atoms with E-state index in [1.807, 2.05) is 4.93 Å². The maximum Gasteiger partial charge on any atom is 1.00 e. The van der Waals surface area contributed by atoms with E-state index in [-0.39, 0.29) is 152 Å². The van der Waals surface area contributed by atoms with Gasteiger partial charge in [0.15, 0.2) is 5.54 Å². The molecule has 2 unspecified atom stereocenters. The zero-order valence-electron chi connectivity index (χ0n) is 36.9. The van der Waals surface area contributed by atoms with E-state index < -0.39 is 89.8 Å². The predicted molar refractivity (Wildman–Crippen MR) is 224 cm³/mol. The van der Waals surface area contributed by atoms with Crippen LogP contribution in [-0.2, 0) is 72.9 Å². The van der Waals surface area contributed by atoms with Gasteiger partial charge >= 0.3 is 88.2 Å². The molecule has 5 amide bonds. The number of alkyl halides is 13. The molecule has 0 spiro atoms. The Morgan fingerprint density at radius 1 is 0.623 bits per heavy atom. The summed E-state index contributed by atoms with van der Waals surface area (Å²) in [5.74, 6) is -0.663. The molecule has 6 rings (SSSR count). The van der Waals surface area contributed by atoms with Crippen LogP contribution in [0.3, 0.4) is 0 Å². The molecule has 367 valence electrons. The minimum absolute atomic E-state index is 0. The van der Waals surface area contributed by atoms with Gasteiger partial charge in [0.2, 0.25) is 0 Å². The number of rotatable bonds is 11. The summed E-state index contributed by atoms with van der Waals surface area (Å²) in [6.07, 6.45) is -19.8. The number of likely N-dealkylation sites (N-methyl/N-ethyl adjacent to an activating group) is 2. The predicted octanol–water partition coefficient (Wildman–Crippen LogP) is 5.22. The summed E-state index contributed by atoms with van der Waals surface area (Å²) in [7, 11) is 2.81. The van der Waals surface area contributed by atoms with Crippen molar-refractivity contribution in [3.05, 3.63) is 142 Å². The number of urea groups is 2. The van der Waals surface area contributed by atoms with Crippen LogP contribution in [0.25, 0.3) is 0 Å². The van der Waals surface area contributed by atoms with Gasteiger partial charge in [0, 0.05) is 65.5 Å². The maximum atomic E-state index is 13.0. The molecule has 2 atom stereocenters. The number of hydrogen-bond donors (Lipinski definition) is 2. The van der Waals surface area contributed by atoms with Crippen molar-refractivity contribution < 1.29 is 143 Å². The van der Waals surface area contributed by atoms with E-state index >= 15 is 0 Å². The molecule has 27 heteroatoms. The van der Waals surface area contributed by atoms with Crippen LogP contribution in [0.1, 0.15) is 44.5 Å². The molecular formula is C42H38F12IK2N4O8. The van der Waals surface area contributed by atoms with Crippen LogP contribution in [0.5, 0.6) is 0 Å². The maximum absolute atomic E-state index is 13.0. The molecule has 0 bridgehead atoms. The molecule has 0 aromatic heterocycles. The summed E-state index contributed by atoms with van der Waals surface area (Å²) < 4.78 is 167. The summed E-state index contributed by atoms with van der Waals surface area (Å²) in [5.41, 5.74) is -7.94. The van der Waals surface area contributed by atoms with Crippen LogP contribution in [-0.4, -0.2) is 124 Å². The summed E-state index contributed by atoms with van der Waals surface area (Å²) in [6.45, 7) is -1.71. The smallest absolute Gasteiger partial charge is 0.662 e. The zero-order chi connectivity index (χ0) is 50.6. The van der Waals surface area contributed by atoms with Crippen molar-refractivity contribution in [1.29, 1.82) is 0 Å². The summed E-state index contributed by atoms with van der Waals surface area (Å²) in [5, 5.41) is 13.7. The fourth-order valence-electron chi connectivity index (χ4n) is 6.57. The number of hydrogen-bond acceptors (Lipinski definition) is 8. The number of amides is 5.